The van der Waals surface area contributed by atoms with Gasteiger partial charge in [-0.25, -0.2) is 0 Å². The van der Waals surface area contributed by atoms with Crippen LogP contribution in [-0.2, 0) is 10.2 Å². The average molecular weight is 464 g/mol. The standard InChI is InChI=1S/C19H17IN2O4/c1-19(2,3)14-7-10(8-16(17(14)23)22(25)26)6-13-12-9-11(20)4-5-15(12)21-18(13)24/h4-9,23H,1-3H3,(H,21,24). The predicted molar refractivity (Wildman–Crippen MR) is 109 cm³/mol. The van der Waals surface area contributed by atoms with Crippen molar-refractivity contribution in [1.82, 2.24) is 0 Å². The zero-order valence-corrected chi connectivity index (χ0v) is 16.6. The van der Waals surface area contributed by atoms with E-state index in [-0.39, 0.29) is 17.3 Å². The van der Waals surface area contributed by atoms with Gasteiger partial charge in [-0.2, -0.15) is 0 Å². The van der Waals surface area contributed by atoms with Crippen LogP contribution in [0.25, 0.3) is 11.6 Å². The summed E-state index contributed by atoms with van der Waals surface area (Å²) >= 11 is 2.17. The lowest BCUT2D eigenvalue weighted by molar-refractivity contribution is -0.386. The highest BCUT2D eigenvalue weighted by Gasteiger charge is 2.28. The molecule has 7 heteroatoms. The summed E-state index contributed by atoms with van der Waals surface area (Å²) in [5.41, 5.74) is 2.01. The minimum Gasteiger partial charge on any atom is -0.502 e. The maximum Gasteiger partial charge on any atom is 0.311 e. The zero-order chi connectivity index (χ0) is 19.2. The number of hydrogen-bond acceptors (Lipinski definition) is 4. The van der Waals surface area contributed by atoms with Gasteiger partial charge in [-0.1, -0.05) is 20.8 Å². The SMILES string of the molecule is CC(C)(C)c1cc(C=C2C(=O)Nc3ccc(I)cc32)cc([N+](=O)[O-])c1O. The normalized spacial score (nSPS) is 15.1. The van der Waals surface area contributed by atoms with Crippen LogP contribution in [-0.4, -0.2) is 15.9 Å². The Morgan fingerprint density at radius 2 is 1.92 bits per heavy atom. The van der Waals surface area contributed by atoms with Crippen molar-refractivity contribution in [3.05, 3.63) is 60.7 Å². The molecule has 0 unspecified atom stereocenters. The van der Waals surface area contributed by atoms with Crippen molar-refractivity contribution < 1.29 is 14.8 Å². The molecular formula is C19H17IN2O4. The third-order valence-corrected chi connectivity index (χ3v) is 4.86. The molecule has 0 bridgehead atoms. The summed E-state index contributed by atoms with van der Waals surface area (Å²) in [6, 6.07) is 8.59. The molecule has 3 rings (SSSR count). The fourth-order valence-electron chi connectivity index (χ4n) is 2.91. The molecule has 26 heavy (non-hydrogen) atoms. The van der Waals surface area contributed by atoms with E-state index in [1.54, 1.807) is 12.1 Å². The second kappa shape index (κ2) is 6.39. The van der Waals surface area contributed by atoms with E-state index in [4.69, 9.17) is 0 Å². The maximum absolute atomic E-state index is 12.3. The number of carbonyl (C=O) groups is 1. The predicted octanol–water partition coefficient (Wildman–Crippen LogP) is 4.70. The molecule has 0 fully saturated rings. The van der Waals surface area contributed by atoms with E-state index < -0.39 is 10.3 Å². The molecule has 1 heterocycles. The van der Waals surface area contributed by atoms with Crippen molar-refractivity contribution in [2.45, 2.75) is 26.2 Å². The zero-order valence-electron chi connectivity index (χ0n) is 14.5. The summed E-state index contributed by atoms with van der Waals surface area (Å²) in [6.07, 6.45) is 1.62. The third kappa shape index (κ3) is 3.31. The number of nitro benzene ring substituents is 1. The molecule has 0 radical (unpaired) electrons. The van der Waals surface area contributed by atoms with Crippen molar-refractivity contribution in [3.63, 3.8) is 0 Å². The van der Waals surface area contributed by atoms with Crippen LogP contribution in [0.3, 0.4) is 0 Å². The Hall–Kier alpha value is -2.42. The summed E-state index contributed by atoms with van der Waals surface area (Å²) in [4.78, 5) is 23.1. The highest BCUT2D eigenvalue weighted by atomic mass is 127. The minimum absolute atomic E-state index is 0.255. The van der Waals surface area contributed by atoms with E-state index in [9.17, 15) is 20.0 Å². The Morgan fingerprint density at radius 3 is 2.54 bits per heavy atom. The number of amides is 1. The first kappa shape index (κ1) is 18.4. The van der Waals surface area contributed by atoms with E-state index in [0.29, 0.717) is 22.4 Å². The van der Waals surface area contributed by atoms with Crippen molar-refractivity contribution >= 4 is 51.5 Å². The van der Waals surface area contributed by atoms with Gasteiger partial charge in [-0.15, -0.1) is 0 Å². The smallest absolute Gasteiger partial charge is 0.311 e. The molecule has 2 aromatic carbocycles. The molecule has 0 spiro atoms. The molecule has 1 aliphatic heterocycles. The summed E-state index contributed by atoms with van der Waals surface area (Å²) in [5, 5.41) is 24.4. The number of fused-ring (bicyclic) bond motifs is 1. The summed E-state index contributed by atoms with van der Waals surface area (Å²) in [5.74, 6) is -0.592. The van der Waals surface area contributed by atoms with Gasteiger partial charge in [0.25, 0.3) is 5.91 Å². The number of benzene rings is 2. The number of carbonyl (C=O) groups excluding carboxylic acids is 1. The van der Waals surface area contributed by atoms with Gasteiger partial charge in [0.2, 0.25) is 0 Å². The number of rotatable bonds is 2. The van der Waals surface area contributed by atoms with Gasteiger partial charge in [-0.05, 0) is 63.9 Å². The number of halogens is 1. The number of nitrogens with one attached hydrogen (secondary N) is 1. The van der Waals surface area contributed by atoms with E-state index in [1.165, 1.54) is 6.07 Å². The van der Waals surface area contributed by atoms with Gasteiger partial charge in [0, 0.05) is 32.0 Å². The monoisotopic (exact) mass is 464 g/mol. The Kier molecular flexibility index (Phi) is 4.51. The van der Waals surface area contributed by atoms with Crippen molar-refractivity contribution in [1.29, 1.82) is 0 Å². The highest BCUT2D eigenvalue weighted by molar-refractivity contribution is 14.1. The summed E-state index contributed by atoms with van der Waals surface area (Å²) in [6.45, 7) is 5.59. The topological polar surface area (TPSA) is 92.5 Å². The van der Waals surface area contributed by atoms with E-state index in [2.05, 4.69) is 27.9 Å². The third-order valence-electron chi connectivity index (χ3n) is 4.19. The molecule has 0 atom stereocenters. The number of anilines is 1. The van der Waals surface area contributed by atoms with Crippen LogP contribution in [0.4, 0.5) is 11.4 Å². The molecule has 2 N–H and O–H groups in total. The molecule has 0 saturated heterocycles. The second-order valence-corrected chi connectivity index (χ2v) is 8.39. The number of phenols is 1. The van der Waals surface area contributed by atoms with Crippen LogP contribution >= 0.6 is 22.6 Å². The number of hydrogen-bond donors (Lipinski definition) is 2. The number of nitrogens with zero attached hydrogens (tertiary/aromatic N) is 1. The van der Waals surface area contributed by atoms with Crippen molar-refractivity contribution in [2.75, 3.05) is 5.32 Å². The van der Waals surface area contributed by atoms with Crippen LogP contribution in [0.15, 0.2) is 30.3 Å². The van der Waals surface area contributed by atoms with Crippen molar-refractivity contribution in [3.8, 4) is 5.75 Å². The number of aromatic hydroxyl groups is 1. The van der Waals surface area contributed by atoms with Crippen LogP contribution in [0.2, 0.25) is 0 Å². The quantitative estimate of drug-likeness (QED) is 0.292. The van der Waals surface area contributed by atoms with Crippen LogP contribution in [0.1, 0.15) is 37.5 Å². The lowest BCUT2D eigenvalue weighted by Gasteiger charge is -2.20. The van der Waals surface area contributed by atoms with Crippen LogP contribution < -0.4 is 5.32 Å². The fraction of sp³-hybridized carbons (Fsp3) is 0.211. The Balaban J connectivity index is 2.21. The average Bonchev–Trinajstić information content (AvgIpc) is 2.83. The van der Waals surface area contributed by atoms with Gasteiger partial charge in [0.05, 0.1) is 4.92 Å². The molecule has 134 valence electrons. The Morgan fingerprint density at radius 1 is 1.23 bits per heavy atom. The molecular weight excluding hydrogens is 447 g/mol. The maximum atomic E-state index is 12.3. The lowest BCUT2D eigenvalue weighted by Crippen LogP contribution is -2.12. The Labute approximate surface area is 164 Å². The van der Waals surface area contributed by atoms with E-state index in [1.807, 2.05) is 39.0 Å². The molecule has 1 amide bonds. The second-order valence-electron chi connectivity index (χ2n) is 7.15. The summed E-state index contributed by atoms with van der Waals surface area (Å²) < 4.78 is 0.982. The molecule has 6 nitrogen and oxygen atoms in total. The van der Waals surface area contributed by atoms with E-state index in [0.717, 1.165) is 9.13 Å². The van der Waals surface area contributed by atoms with Gasteiger partial charge in [0.15, 0.2) is 5.75 Å². The van der Waals surface area contributed by atoms with Gasteiger partial charge >= 0.3 is 5.69 Å². The van der Waals surface area contributed by atoms with Gasteiger partial charge in [-0.3, -0.25) is 14.9 Å². The molecule has 2 aromatic rings. The number of phenolic OH excluding ortho intramolecular Hbond substituents is 1. The Bertz CT molecular complexity index is 974. The minimum atomic E-state index is -0.613. The highest BCUT2D eigenvalue weighted by Crippen LogP contribution is 2.40. The van der Waals surface area contributed by atoms with Gasteiger partial charge in [0.1, 0.15) is 0 Å². The first-order valence-corrected chi connectivity index (χ1v) is 9.00. The van der Waals surface area contributed by atoms with Crippen molar-refractivity contribution in [2.24, 2.45) is 0 Å². The first-order valence-electron chi connectivity index (χ1n) is 7.93. The number of nitro groups is 1. The fourth-order valence-corrected chi connectivity index (χ4v) is 3.40. The largest absolute Gasteiger partial charge is 0.502 e. The molecule has 0 aromatic heterocycles. The van der Waals surface area contributed by atoms with E-state index >= 15 is 0 Å². The lowest BCUT2D eigenvalue weighted by atomic mass is 9.84. The molecule has 0 saturated carbocycles. The van der Waals surface area contributed by atoms with Crippen LogP contribution in [0.5, 0.6) is 5.75 Å². The first-order chi connectivity index (χ1) is 12.1. The summed E-state index contributed by atoms with van der Waals surface area (Å²) in [7, 11) is 0. The molecule has 1 aliphatic rings. The molecule has 0 aliphatic carbocycles. The van der Waals surface area contributed by atoms with Crippen LogP contribution in [0, 0.1) is 13.7 Å². The van der Waals surface area contributed by atoms with Gasteiger partial charge < -0.3 is 10.4 Å².